The van der Waals surface area contributed by atoms with Crippen molar-refractivity contribution in [2.24, 2.45) is 50.7 Å². The van der Waals surface area contributed by atoms with Crippen LogP contribution in [-0.4, -0.2) is 47.5 Å². The highest BCUT2D eigenvalue weighted by molar-refractivity contribution is 6.40. The van der Waals surface area contributed by atoms with Gasteiger partial charge in [0.2, 0.25) is 5.78 Å². The molecule has 6 heteroatoms. The van der Waals surface area contributed by atoms with Crippen molar-refractivity contribution in [2.75, 3.05) is 13.1 Å². The first-order valence-corrected chi connectivity index (χ1v) is 16.8. The molecular formula is C36H53NO5. The largest absolute Gasteiger partial charge is 0.462 e. The average Bonchev–Trinajstić information content (AvgIpc) is 3.17. The maximum atomic E-state index is 14.2. The van der Waals surface area contributed by atoms with Crippen molar-refractivity contribution in [1.82, 2.24) is 4.90 Å². The van der Waals surface area contributed by atoms with Crippen LogP contribution in [0.2, 0.25) is 0 Å². The number of likely N-dealkylation sites (tertiary alicyclic amines) is 1. The van der Waals surface area contributed by atoms with Crippen LogP contribution in [0.4, 0.5) is 0 Å². The molecular weight excluding hydrogens is 526 g/mol. The van der Waals surface area contributed by atoms with E-state index in [1.807, 2.05) is 0 Å². The van der Waals surface area contributed by atoms with E-state index < -0.39 is 5.41 Å². The van der Waals surface area contributed by atoms with Crippen LogP contribution in [0.3, 0.4) is 0 Å². The van der Waals surface area contributed by atoms with Crippen LogP contribution in [-0.2, 0) is 23.9 Å². The molecule has 6 aliphatic rings. The van der Waals surface area contributed by atoms with Gasteiger partial charge in [-0.05, 0) is 109 Å². The number of rotatable bonds is 4. The Morgan fingerprint density at radius 3 is 2.14 bits per heavy atom. The van der Waals surface area contributed by atoms with E-state index in [1.54, 1.807) is 4.90 Å². The number of hydrogen-bond acceptors (Lipinski definition) is 5. The minimum Gasteiger partial charge on any atom is -0.462 e. The van der Waals surface area contributed by atoms with E-state index in [0.29, 0.717) is 31.3 Å². The molecule has 0 spiro atoms. The summed E-state index contributed by atoms with van der Waals surface area (Å²) in [4.78, 5) is 55.1. The summed E-state index contributed by atoms with van der Waals surface area (Å²) in [6, 6.07) is 0. The molecule has 0 aromatic carbocycles. The van der Waals surface area contributed by atoms with Crippen LogP contribution in [0.5, 0.6) is 0 Å². The maximum Gasteiger partial charge on any atom is 0.302 e. The molecule has 232 valence electrons. The molecule has 0 aromatic rings. The zero-order valence-electron chi connectivity index (χ0n) is 27.4. The van der Waals surface area contributed by atoms with Gasteiger partial charge in [-0.25, -0.2) is 0 Å². The lowest BCUT2D eigenvalue weighted by Gasteiger charge is -2.72. The fraction of sp³-hybridized carbons (Fsp3) is 0.833. The van der Waals surface area contributed by atoms with Crippen molar-refractivity contribution >= 4 is 23.4 Å². The summed E-state index contributed by atoms with van der Waals surface area (Å²) < 4.78 is 5.90. The van der Waals surface area contributed by atoms with Gasteiger partial charge in [0.05, 0.1) is 5.41 Å². The summed E-state index contributed by atoms with van der Waals surface area (Å²) in [6.07, 6.45) is 8.80. The van der Waals surface area contributed by atoms with E-state index in [-0.39, 0.29) is 69.5 Å². The summed E-state index contributed by atoms with van der Waals surface area (Å²) >= 11 is 0. The van der Waals surface area contributed by atoms with Crippen LogP contribution < -0.4 is 0 Å². The molecule has 0 unspecified atom stereocenters. The van der Waals surface area contributed by atoms with E-state index in [1.165, 1.54) is 6.92 Å². The summed E-state index contributed by atoms with van der Waals surface area (Å²) in [5.41, 5.74) is 1.05. The molecule has 1 amide bonds. The second-order valence-corrected chi connectivity index (χ2v) is 16.7. The van der Waals surface area contributed by atoms with Gasteiger partial charge in [-0.15, -0.1) is 0 Å². The number of amides is 1. The fourth-order valence-electron chi connectivity index (χ4n) is 12.1. The quantitative estimate of drug-likeness (QED) is 0.273. The number of allylic oxidation sites excluding steroid dienone is 2. The Morgan fingerprint density at radius 1 is 0.857 bits per heavy atom. The van der Waals surface area contributed by atoms with E-state index in [9.17, 15) is 19.2 Å². The van der Waals surface area contributed by atoms with Gasteiger partial charge in [0.1, 0.15) is 6.10 Å². The van der Waals surface area contributed by atoms with Crippen molar-refractivity contribution in [1.29, 1.82) is 0 Å². The molecule has 6 rings (SSSR count). The molecule has 0 radical (unpaired) electrons. The van der Waals surface area contributed by atoms with Gasteiger partial charge in [0, 0.05) is 31.8 Å². The third-order valence-corrected chi connectivity index (χ3v) is 14.5. The number of Topliss-reactive ketones (excluding diaryl/α,β-unsaturated/α-hetero) is 2. The predicted molar refractivity (Wildman–Crippen MR) is 161 cm³/mol. The fourth-order valence-corrected chi connectivity index (χ4v) is 12.1. The van der Waals surface area contributed by atoms with Crippen LogP contribution in [0.1, 0.15) is 120 Å². The number of ketones is 2. The van der Waals surface area contributed by atoms with Gasteiger partial charge in [0.15, 0.2) is 5.78 Å². The number of fused-ring (bicyclic) bond motifs is 7. The second-order valence-electron chi connectivity index (χ2n) is 16.7. The molecule has 5 fully saturated rings. The normalized spacial score (nSPS) is 44.0. The molecule has 0 bridgehead atoms. The van der Waals surface area contributed by atoms with Crippen molar-refractivity contribution in [3.63, 3.8) is 0 Å². The Morgan fingerprint density at radius 2 is 1.55 bits per heavy atom. The smallest absolute Gasteiger partial charge is 0.302 e. The molecule has 1 aliphatic heterocycles. The van der Waals surface area contributed by atoms with Crippen molar-refractivity contribution < 1.29 is 23.9 Å². The van der Waals surface area contributed by atoms with Crippen molar-refractivity contribution in [3.8, 4) is 0 Å². The van der Waals surface area contributed by atoms with Gasteiger partial charge in [-0.3, -0.25) is 19.2 Å². The molecule has 1 heterocycles. The lowest BCUT2D eigenvalue weighted by Crippen LogP contribution is -2.66. The first-order valence-electron chi connectivity index (χ1n) is 16.8. The number of esters is 1. The summed E-state index contributed by atoms with van der Waals surface area (Å²) in [5, 5.41) is 0. The SMILES string of the molecule is CC(=O)O[C@H]1CC[C@]2(C)[C@H]3CC[C@@H]4C5=C(C(C)C)C(=O)C[C@]5(C(=O)C(=O)N5CCC5)CC[C@@]4(C)[C@]3(C)CC[C@H]2C1(C)C. The van der Waals surface area contributed by atoms with Crippen LogP contribution in [0.15, 0.2) is 11.1 Å². The number of carbonyl (C=O) groups is 4. The van der Waals surface area contributed by atoms with E-state index in [0.717, 1.165) is 62.5 Å². The van der Waals surface area contributed by atoms with Gasteiger partial charge < -0.3 is 9.64 Å². The molecule has 5 aliphatic carbocycles. The summed E-state index contributed by atoms with van der Waals surface area (Å²) in [7, 11) is 0. The highest BCUT2D eigenvalue weighted by atomic mass is 16.5. The average molecular weight is 580 g/mol. The number of hydrogen-bond donors (Lipinski definition) is 0. The van der Waals surface area contributed by atoms with Gasteiger partial charge in [-0.1, -0.05) is 48.5 Å². The lowest BCUT2D eigenvalue weighted by molar-refractivity contribution is -0.232. The Kier molecular flexibility index (Phi) is 6.81. The Balaban J connectivity index is 1.40. The van der Waals surface area contributed by atoms with Crippen LogP contribution in [0.25, 0.3) is 0 Å². The Bertz CT molecular complexity index is 1260. The minimum atomic E-state index is -0.943. The first kappa shape index (κ1) is 30.1. The molecule has 8 atom stereocenters. The number of carbonyl (C=O) groups excluding carboxylic acids is 4. The lowest BCUT2D eigenvalue weighted by atomic mass is 9.33. The van der Waals surface area contributed by atoms with E-state index in [4.69, 9.17) is 4.74 Å². The first-order chi connectivity index (χ1) is 19.5. The van der Waals surface area contributed by atoms with Crippen molar-refractivity contribution in [3.05, 3.63) is 11.1 Å². The zero-order valence-corrected chi connectivity index (χ0v) is 27.4. The Labute approximate surface area is 252 Å². The highest BCUT2D eigenvalue weighted by Gasteiger charge is 2.71. The predicted octanol–water partition coefficient (Wildman–Crippen LogP) is 6.70. The highest BCUT2D eigenvalue weighted by Crippen LogP contribution is 2.76. The van der Waals surface area contributed by atoms with Gasteiger partial charge in [-0.2, -0.15) is 0 Å². The van der Waals surface area contributed by atoms with Gasteiger partial charge in [0.25, 0.3) is 5.91 Å². The minimum absolute atomic E-state index is 0.0415. The molecule has 6 nitrogen and oxygen atoms in total. The third kappa shape index (κ3) is 3.74. The summed E-state index contributed by atoms with van der Waals surface area (Å²) in [5.74, 6) is 0.430. The Hall–Kier alpha value is -1.98. The molecule has 0 aromatic heterocycles. The van der Waals surface area contributed by atoms with Crippen LogP contribution >= 0.6 is 0 Å². The van der Waals surface area contributed by atoms with Gasteiger partial charge >= 0.3 is 5.97 Å². The molecule has 0 N–H and O–H groups in total. The van der Waals surface area contributed by atoms with Crippen molar-refractivity contribution in [2.45, 2.75) is 126 Å². The number of nitrogens with zero attached hydrogens (tertiary/aromatic N) is 1. The zero-order chi connectivity index (χ0) is 30.6. The molecule has 42 heavy (non-hydrogen) atoms. The van der Waals surface area contributed by atoms with Crippen LogP contribution in [0, 0.1) is 50.7 Å². The summed E-state index contributed by atoms with van der Waals surface area (Å²) in [6.45, 7) is 19.2. The number of ether oxygens (including phenoxy) is 1. The third-order valence-electron chi connectivity index (χ3n) is 14.5. The standard InChI is InChI=1S/C36H53NO5/c1-21(2)28-24(39)20-36(30(40)31(41)37-18-9-19-37)17-16-34(7)23(29(28)36)10-11-26-33(6)14-13-27(42-22(3)38)32(4,5)25(33)12-15-35(26,34)8/h21,23,25-27H,9-20H2,1-8H3/t23-,25+,26-,27+,33+,34-,35-,36-/m1/s1. The second kappa shape index (κ2) is 9.51. The maximum absolute atomic E-state index is 14.2. The monoisotopic (exact) mass is 579 g/mol. The molecule has 4 saturated carbocycles. The topological polar surface area (TPSA) is 80.8 Å². The van der Waals surface area contributed by atoms with E-state index >= 15 is 0 Å². The van der Waals surface area contributed by atoms with E-state index in [2.05, 4.69) is 48.5 Å². The molecule has 1 saturated heterocycles.